The van der Waals surface area contributed by atoms with Crippen LogP contribution >= 0.6 is 11.3 Å². The number of esters is 1. The summed E-state index contributed by atoms with van der Waals surface area (Å²) in [4.78, 5) is 26.8. The highest BCUT2D eigenvalue weighted by Gasteiger charge is 2.27. The number of benzene rings is 3. The number of hydrogen-bond donors (Lipinski definition) is 1. The van der Waals surface area contributed by atoms with Gasteiger partial charge >= 0.3 is 12.1 Å². The Morgan fingerprint density at radius 3 is 2.60 bits per heavy atom. The van der Waals surface area contributed by atoms with E-state index in [1.54, 1.807) is 0 Å². The lowest BCUT2D eigenvalue weighted by Crippen LogP contribution is -2.32. The minimum Gasteiger partial charge on any atom is -0.462 e. The minimum absolute atomic E-state index is 0.172. The van der Waals surface area contributed by atoms with Crippen LogP contribution in [0.2, 0.25) is 0 Å². The van der Waals surface area contributed by atoms with Gasteiger partial charge in [-0.15, -0.1) is 11.3 Å². The predicted octanol–water partition coefficient (Wildman–Crippen LogP) is 9.60. The summed E-state index contributed by atoms with van der Waals surface area (Å²) < 4.78 is 12.0. The molecule has 2 aliphatic carbocycles. The van der Waals surface area contributed by atoms with E-state index in [1.165, 1.54) is 38.8 Å². The van der Waals surface area contributed by atoms with E-state index in [-0.39, 0.29) is 19.1 Å². The van der Waals surface area contributed by atoms with Gasteiger partial charge in [-0.25, -0.2) is 9.59 Å². The van der Waals surface area contributed by atoms with Crippen LogP contribution in [-0.4, -0.2) is 24.3 Å². The van der Waals surface area contributed by atoms with Crippen LogP contribution in [0.3, 0.4) is 0 Å². The fraction of sp³-hybridized carbons (Fsp3) is 0.297. The van der Waals surface area contributed by atoms with E-state index >= 15 is 0 Å². The normalized spacial score (nSPS) is 16.4. The van der Waals surface area contributed by atoms with Crippen molar-refractivity contribution in [1.29, 1.82) is 0 Å². The Bertz CT molecular complexity index is 1810. The number of ether oxygens (including phenoxy) is 2. The van der Waals surface area contributed by atoms with Crippen molar-refractivity contribution >= 4 is 49.8 Å². The first-order valence-electron chi connectivity index (χ1n) is 15.0. The van der Waals surface area contributed by atoms with E-state index < -0.39 is 11.7 Å². The minimum atomic E-state index is -0.619. The fourth-order valence-corrected chi connectivity index (χ4v) is 7.39. The zero-order chi connectivity index (χ0) is 30.1. The van der Waals surface area contributed by atoms with E-state index in [9.17, 15) is 9.59 Å². The third-order valence-corrected chi connectivity index (χ3v) is 9.15. The first-order valence-corrected chi connectivity index (χ1v) is 15.8. The average Bonchev–Trinajstić information content (AvgIpc) is 3.35. The smallest absolute Gasteiger partial charge is 0.407 e. The predicted molar refractivity (Wildman–Crippen MR) is 176 cm³/mol. The Hall–Kier alpha value is -4.16. The lowest BCUT2D eigenvalue weighted by atomic mass is 9.76. The molecule has 0 saturated heterocycles. The standard InChI is InChI=1S/C37H37NO4S/c1-5-41-35(39)34-31-20-29(27-18-10-14-23-12-6-8-16-25(23)27)30(28-19-11-15-24-13-7-9-17-26(24)28)21-32(31)43-33(34)22-38-36(40)42-37(2,3)4/h6-9,11-13,15-17,19-21,23H,5,10,14,18,22H2,1-4H3,(H,38,40). The summed E-state index contributed by atoms with van der Waals surface area (Å²) in [6.45, 7) is 7.74. The van der Waals surface area contributed by atoms with Crippen LogP contribution in [0.5, 0.6) is 0 Å². The third-order valence-electron chi connectivity index (χ3n) is 8.00. The van der Waals surface area contributed by atoms with Crippen molar-refractivity contribution in [3.05, 3.63) is 100 Å². The Labute approximate surface area is 256 Å². The van der Waals surface area contributed by atoms with Crippen LogP contribution in [0.4, 0.5) is 4.79 Å². The maximum absolute atomic E-state index is 13.5. The largest absolute Gasteiger partial charge is 0.462 e. The third kappa shape index (κ3) is 5.89. The van der Waals surface area contributed by atoms with Gasteiger partial charge in [0.15, 0.2) is 0 Å². The second kappa shape index (κ2) is 11.8. The molecule has 4 aromatic rings. The molecular weight excluding hydrogens is 554 g/mol. The molecular formula is C37H37NO4S. The summed E-state index contributed by atoms with van der Waals surface area (Å²) in [5.41, 5.74) is 6.05. The van der Waals surface area contributed by atoms with Crippen molar-refractivity contribution < 1.29 is 19.1 Å². The zero-order valence-corrected chi connectivity index (χ0v) is 26.0. The summed E-state index contributed by atoms with van der Waals surface area (Å²) in [5.74, 6) is 0.0173. The summed E-state index contributed by atoms with van der Waals surface area (Å²) in [6.07, 6.45) is 11.5. The molecule has 0 bridgehead atoms. The van der Waals surface area contributed by atoms with Crippen molar-refractivity contribution in [2.24, 2.45) is 5.92 Å². The monoisotopic (exact) mass is 591 g/mol. The fourth-order valence-electron chi connectivity index (χ4n) is 6.24. The molecule has 6 rings (SSSR count). The van der Waals surface area contributed by atoms with E-state index in [0.717, 1.165) is 45.4 Å². The molecule has 3 aromatic carbocycles. The van der Waals surface area contributed by atoms with Crippen molar-refractivity contribution in [3.8, 4) is 11.1 Å². The molecule has 5 nitrogen and oxygen atoms in total. The number of hydrogen-bond acceptors (Lipinski definition) is 5. The first kappa shape index (κ1) is 28.9. The molecule has 1 amide bonds. The second-order valence-electron chi connectivity index (χ2n) is 12.1. The average molecular weight is 592 g/mol. The van der Waals surface area contributed by atoms with E-state index in [1.807, 2.05) is 27.7 Å². The van der Waals surface area contributed by atoms with Gasteiger partial charge in [-0.1, -0.05) is 66.8 Å². The molecule has 220 valence electrons. The van der Waals surface area contributed by atoms with Gasteiger partial charge in [-0.05, 0) is 97.7 Å². The van der Waals surface area contributed by atoms with Crippen molar-refractivity contribution in [3.63, 3.8) is 0 Å². The van der Waals surface area contributed by atoms with Crippen molar-refractivity contribution in [2.75, 3.05) is 6.61 Å². The zero-order valence-electron chi connectivity index (χ0n) is 25.2. The van der Waals surface area contributed by atoms with Gasteiger partial charge in [0.1, 0.15) is 5.60 Å². The number of thiophene rings is 1. The molecule has 1 aromatic heterocycles. The summed E-state index contributed by atoms with van der Waals surface area (Å²) in [6, 6.07) is 19.4. The number of allylic oxidation sites excluding steroid dienone is 6. The molecule has 0 radical (unpaired) electrons. The van der Waals surface area contributed by atoms with E-state index in [2.05, 4.69) is 84.2 Å². The number of rotatable bonds is 6. The van der Waals surface area contributed by atoms with Gasteiger partial charge in [-0.3, -0.25) is 0 Å². The SMILES string of the molecule is CCOC(=O)c1c(CNC(=O)OC(C)(C)C)sc2cc(-c3cccc4ccccc34)c(C3=C4C=CC=CC4CCC3)cc12. The molecule has 2 aliphatic rings. The van der Waals surface area contributed by atoms with Crippen LogP contribution < -0.4 is 5.32 Å². The Kier molecular flexibility index (Phi) is 7.97. The molecule has 0 saturated carbocycles. The Morgan fingerprint density at radius 1 is 0.977 bits per heavy atom. The van der Waals surface area contributed by atoms with Crippen LogP contribution in [-0.2, 0) is 16.0 Å². The summed E-state index contributed by atoms with van der Waals surface area (Å²) >= 11 is 1.52. The Balaban J connectivity index is 1.58. The molecule has 1 atom stereocenters. The molecule has 1 heterocycles. The molecule has 6 heteroatoms. The molecule has 1 unspecified atom stereocenters. The topological polar surface area (TPSA) is 64.6 Å². The molecule has 43 heavy (non-hydrogen) atoms. The molecule has 0 aliphatic heterocycles. The molecule has 1 N–H and O–H groups in total. The molecule has 0 spiro atoms. The number of amides is 1. The van der Waals surface area contributed by atoms with Gasteiger partial charge < -0.3 is 14.8 Å². The van der Waals surface area contributed by atoms with Gasteiger partial charge in [0.05, 0.1) is 18.7 Å². The van der Waals surface area contributed by atoms with E-state index in [4.69, 9.17) is 9.47 Å². The van der Waals surface area contributed by atoms with Crippen molar-refractivity contribution in [1.82, 2.24) is 5.32 Å². The summed E-state index contributed by atoms with van der Waals surface area (Å²) in [7, 11) is 0. The summed E-state index contributed by atoms with van der Waals surface area (Å²) in [5, 5.41) is 6.09. The number of alkyl carbamates (subject to hydrolysis) is 1. The van der Waals surface area contributed by atoms with Crippen LogP contribution in [0, 0.1) is 5.92 Å². The lowest BCUT2D eigenvalue weighted by molar-refractivity contribution is 0.0505. The number of carbonyl (C=O) groups is 2. The Morgan fingerprint density at radius 2 is 1.79 bits per heavy atom. The van der Waals surface area contributed by atoms with Gasteiger partial charge in [0.25, 0.3) is 0 Å². The van der Waals surface area contributed by atoms with Gasteiger partial charge in [0, 0.05) is 20.9 Å². The van der Waals surface area contributed by atoms with Crippen LogP contribution in [0.1, 0.15) is 67.8 Å². The molecule has 0 fully saturated rings. The first-order chi connectivity index (χ1) is 20.7. The van der Waals surface area contributed by atoms with Gasteiger partial charge in [-0.2, -0.15) is 0 Å². The second-order valence-corrected chi connectivity index (χ2v) is 13.2. The maximum atomic E-state index is 13.5. The van der Waals surface area contributed by atoms with E-state index in [0.29, 0.717) is 11.5 Å². The van der Waals surface area contributed by atoms with Crippen LogP contribution in [0.25, 0.3) is 37.6 Å². The van der Waals surface area contributed by atoms with Crippen LogP contribution in [0.15, 0.2) is 84.5 Å². The highest BCUT2D eigenvalue weighted by Crippen LogP contribution is 2.46. The van der Waals surface area contributed by atoms with Gasteiger partial charge in [0.2, 0.25) is 0 Å². The highest BCUT2D eigenvalue weighted by molar-refractivity contribution is 7.19. The number of carbonyl (C=O) groups excluding carboxylic acids is 2. The lowest BCUT2D eigenvalue weighted by Gasteiger charge is -2.28. The quantitative estimate of drug-likeness (QED) is 0.227. The maximum Gasteiger partial charge on any atom is 0.407 e. The van der Waals surface area contributed by atoms with Crippen molar-refractivity contribution in [2.45, 2.75) is 59.1 Å². The number of fused-ring (bicyclic) bond motifs is 3. The highest BCUT2D eigenvalue weighted by atomic mass is 32.1. The number of nitrogens with one attached hydrogen (secondary N) is 1.